The third-order valence-electron chi connectivity index (χ3n) is 1.34. The van der Waals surface area contributed by atoms with Crippen LogP contribution in [-0.4, -0.2) is 39.2 Å². The number of halogens is 3. The average Bonchev–Trinajstić information content (AvgIpc) is 1.83. The Labute approximate surface area is 65.2 Å². The van der Waals surface area contributed by atoms with Crippen LogP contribution in [0.15, 0.2) is 0 Å². The van der Waals surface area contributed by atoms with Gasteiger partial charge in [-0.2, -0.15) is 13.2 Å². The molecule has 7 heteroatoms. The van der Waals surface area contributed by atoms with Crippen molar-refractivity contribution < 1.29 is 33.3 Å². The maximum atomic E-state index is 11.8. The van der Waals surface area contributed by atoms with Crippen LogP contribution in [0.25, 0.3) is 0 Å². The van der Waals surface area contributed by atoms with Gasteiger partial charge in [-0.1, -0.05) is 0 Å². The van der Waals surface area contributed by atoms with Crippen LogP contribution in [0.5, 0.6) is 0 Å². The van der Waals surface area contributed by atoms with Crippen molar-refractivity contribution in [3.63, 3.8) is 0 Å². The fourth-order valence-corrected chi connectivity index (χ4v) is 0.395. The van der Waals surface area contributed by atoms with E-state index in [9.17, 15) is 18.0 Å². The molecule has 72 valence electrons. The first-order valence-electron chi connectivity index (χ1n) is 2.80. The second-order valence-corrected chi connectivity index (χ2v) is 2.39. The third-order valence-corrected chi connectivity index (χ3v) is 1.34. The zero-order valence-electron chi connectivity index (χ0n) is 5.96. The average molecular weight is 188 g/mol. The lowest BCUT2D eigenvalue weighted by atomic mass is 9.99. The summed E-state index contributed by atoms with van der Waals surface area (Å²) in [7, 11) is 0. The zero-order chi connectivity index (χ0) is 10.2. The molecule has 0 heterocycles. The summed E-state index contributed by atoms with van der Waals surface area (Å²) in [4.78, 5) is 9.88. The van der Waals surface area contributed by atoms with E-state index in [4.69, 9.17) is 15.3 Å². The van der Waals surface area contributed by atoms with E-state index in [1.165, 1.54) is 0 Å². The molecule has 0 aliphatic carbocycles. The first kappa shape index (κ1) is 11.2. The van der Waals surface area contributed by atoms with Gasteiger partial charge in [-0.25, -0.2) is 4.79 Å². The molecule has 0 amide bonds. The molecule has 0 radical (unpaired) electrons. The molecule has 3 N–H and O–H groups in total. The van der Waals surface area contributed by atoms with Gasteiger partial charge in [-0.15, -0.1) is 0 Å². The Bertz CT molecular complexity index is 186. The lowest BCUT2D eigenvalue weighted by Crippen LogP contribution is -2.55. The molecule has 4 nitrogen and oxygen atoms in total. The van der Waals surface area contributed by atoms with Gasteiger partial charge in [-0.3, -0.25) is 0 Å². The van der Waals surface area contributed by atoms with Gasteiger partial charge in [0.2, 0.25) is 0 Å². The Morgan fingerprint density at radius 2 is 1.75 bits per heavy atom. The second kappa shape index (κ2) is 2.91. The predicted octanol–water partition coefficient (Wildman–Crippen LogP) is -0.255. The summed E-state index contributed by atoms with van der Waals surface area (Å²) in [6.45, 7) is 0.186. The van der Waals surface area contributed by atoms with Crippen molar-refractivity contribution in [2.24, 2.45) is 0 Å². The van der Waals surface area contributed by atoms with Crippen molar-refractivity contribution in [2.45, 2.75) is 24.8 Å². The molecule has 2 atom stereocenters. The lowest BCUT2D eigenvalue weighted by Gasteiger charge is -2.28. The Kier molecular flexibility index (Phi) is 2.71. The minimum Gasteiger partial charge on any atom is -0.479 e. The summed E-state index contributed by atoms with van der Waals surface area (Å²) in [5.74, 6) is -2.13. The summed E-state index contributed by atoms with van der Waals surface area (Å²) in [6, 6.07) is 0. The van der Waals surface area contributed by atoms with Gasteiger partial charge in [0.25, 0.3) is 0 Å². The zero-order valence-corrected chi connectivity index (χ0v) is 5.96. The number of aliphatic hydroxyl groups excluding tert-OH is 1. The van der Waals surface area contributed by atoms with Crippen molar-refractivity contribution in [3.8, 4) is 0 Å². The molecule has 0 fully saturated rings. The van der Waals surface area contributed by atoms with Gasteiger partial charge < -0.3 is 15.3 Å². The molecule has 0 aromatic carbocycles. The first-order chi connectivity index (χ1) is 5.10. The molecular weight excluding hydrogens is 181 g/mol. The Balaban J connectivity index is 4.73. The highest BCUT2D eigenvalue weighted by Crippen LogP contribution is 2.32. The van der Waals surface area contributed by atoms with Crippen LogP contribution in [0.4, 0.5) is 13.2 Å². The van der Waals surface area contributed by atoms with E-state index < -0.39 is 23.9 Å². The maximum Gasteiger partial charge on any atom is 0.420 e. The van der Waals surface area contributed by atoms with E-state index in [1.807, 2.05) is 0 Å². The molecule has 0 aromatic rings. The van der Waals surface area contributed by atoms with Crippen LogP contribution < -0.4 is 0 Å². The number of hydrogen-bond acceptors (Lipinski definition) is 3. The lowest BCUT2D eigenvalue weighted by molar-refractivity contribution is -0.281. The topological polar surface area (TPSA) is 77.8 Å². The number of rotatable bonds is 2. The van der Waals surface area contributed by atoms with Crippen molar-refractivity contribution in [2.75, 3.05) is 0 Å². The molecule has 0 saturated carbocycles. The van der Waals surface area contributed by atoms with Crippen LogP contribution in [0.1, 0.15) is 6.92 Å². The van der Waals surface area contributed by atoms with Gasteiger partial charge in [0, 0.05) is 0 Å². The minimum absolute atomic E-state index is 0.186. The molecule has 0 saturated heterocycles. The number of aliphatic carboxylic acids is 1. The summed E-state index contributed by atoms with van der Waals surface area (Å²) >= 11 is 0. The maximum absolute atomic E-state index is 11.8. The van der Waals surface area contributed by atoms with E-state index in [2.05, 4.69) is 0 Å². The van der Waals surface area contributed by atoms with Crippen molar-refractivity contribution in [3.05, 3.63) is 0 Å². The van der Waals surface area contributed by atoms with Crippen LogP contribution >= 0.6 is 0 Å². The minimum atomic E-state index is -5.18. The molecule has 0 spiro atoms. The smallest absolute Gasteiger partial charge is 0.420 e. The molecule has 0 rings (SSSR count). The number of aliphatic hydroxyl groups is 2. The van der Waals surface area contributed by atoms with Gasteiger partial charge >= 0.3 is 12.1 Å². The SMILES string of the molecule is CC(O)(C(O)C(=O)O)C(F)(F)F. The van der Waals surface area contributed by atoms with Crippen molar-refractivity contribution in [1.29, 1.82) is 0 Å². The third kappa shape index (κ3) is 1.86. The summed E-state index contributed by atoms with van der Waals surface area (Å²) in [5.41, 5.74) is -3.63. The molecule has 0 aliphatic heterocycles. The Morgan fingerprint density at radius 3 is 1.83 bits per heavy atom. The quantitative estimate of drug-likeness (QED) is 0.558. The van der Waals surface area contributed by atoms with E-state index in [-0.39, 0.29) is 6.92 Å². The molecule has 12 heavy (non-hydrogen) atoms. The number of alkyl halides is 3. The molecule has 0 aromatic heterocycles. The normalized spacial score (nSPS) is 19.8. The summed E-state index contributed by atoms with van der Waals surface area (Å²) < 4.78 is 35.3. The summed E-state index contributed by atoms with van der Waals surface area (Å²) in [6.07, 6.45) is -8.05. The Morgan fingerprint density at radius 1 is 1.42 bits per heavy atom. The highest BCUT2D eigenvalue weighted by Gasteiger charge is 2.57. The highest BCUT2D eigenvalue weighted by atomic mass is 19.4. The molecule has 2 unspecified atom stereocenters. The van der Waals surface area contributed by atoms with E-state index in [0.717, 1.165) is 0 Å². The fraction of sp³-hybridized carbons (Fsp3) is 0.800. The van der Waals surface area contributed by atoms with Crippen LogP contribution in [-0.2, 0) is 4.79 Å². The van der Waals surface area contributed by atoms with Gasteiger partial charge in [0.05, 0.1) is 0 Å². The van der Waals surface area contributed by atoms with Gasteiger partial charge in [0.1, 0.15) is 0 Å². The van der Waals surface area contributed by atoms with E-state index in [0.29, 0.717) is 0 Å². The van der Waals surface area contributed by atoms with E-state index >= 15 is 0 Å². The van der Waals surface area contributed by atoms with Crippen LogP contribution in [0, 0.1) is 0 Å². The van der Waals surface area contributed by atoms with Crippen molar-refractivity contribution in [1.82, 2.24) is 0 Å². The number of carboxylic acids is 1. The Hall–Kier alpha value is -0.820. The standard InChI is InChI=1S/C5H7F3O4/c1-4(12,5(6,7)8)2(9)3(10)11/h2,9,12H,1H3,(H,10,11). The van der Waals surface area contributed by atoms with Gasteiger partial charge in [-0.05, 0) is 6.92 Å². The number of carbonyl (C=O) groups is 1. The molecular formula is C5H7F3O4. The van der Waals surface area contributed by atoms with Crippen LogP contribution in [0.2, 0.25) is 0 Å². The molecule has 0 aliphatic rings. The number of hydrogen-bond donors (Lipinski definition) is 3. The largest absolute Gasteiger partial charge is 0.479 e. The fourth-order valence-electron chi connectivity index (χ4n) is 0.395. The van der Waals surface area contributed by atoms with E-state index in [1.54, 1.807) is 0 Å². The van der Waals surface area contributed by atoms with Crippen molar-refractivity contribution >= 4 is 5.97 Å². The number of carboxylic acid groups (broad SMARTS) is 1. The second-order valence-electron chi connectivity index (χ2n) is 2.39. The highest BCUT2D eigenvalue weighted by molar-refractivity contribution is 5.73. The first-order valence-corrected chi connectivity index (χ1v) is 2.80. The monoisotopic (exact) mass is 188 g/mol. The molecule has 0 bridgehead atoms. The van der Waals surface area contributed by atoms with Crippen LogP contribution in [0.3, 0.4) is 0 Å². The summed E-state index contributed by atoms with van der Waals surface area (Å²) in [5, 5.41) is 24.9. The predicted molar refractivity (Wildman–Crippen MR) is 30.3 cm³/mol. The van der Waals surface area contributed by atoms with Gasteiger partial charge in [0.15, 0.2) is 11.7 Å².